The molecule has 1 aromatic carbocycles. The van der Waals surface area contributed by atoms with E-state index in [1.54, 1.807) is 18.4 Å². The van der Waals surface area contributed by atoms with Crippen LogP contribution in [-0.4, -0.2) is 24.5 Å². The van der Waals surface area contributed by atoms with Gasteiger partial charge in [-0.05, 0) is 25.5 Å². The Labute approximate surface area is 163 Å². The number of nitrogens with zero attached hydrogens (tertiary/aromatic N) is 2. The molecular weight excluding hydrogens is 443 g/mol. The lowest BCUT2D eigenvalue weighted by Crippen LogP contribution is -2.39. The number of aliphatic imine (C=N–C) groups is 1. The van der Waals surface area contributed by atoms with Crippen molar-refractivity contribution in [3.05, 3.63) is 50.9 Å². The van der Waals surface area contributed by atoms with Crippen LogP contribution in [0.3, 0.4) is 0 Å². The molecular formula is C16H22ClIN4S. The SMILES string of the molecule is CN=C(NCCc1ncc(C)s1)NC(C)c1ccccc1Cl.I. The third kappa shape index (κ3) is 6.27. The molecule has 1 unspecified atom stereocenters. The third-order valence-electron chi connectivity index (χ3n) is 3.25. The lowest BCUT2D eigenvalue weighted by Gasteiger charge is -2.19. The number of halogens is 2. The predicted octanol–water partition coefficient (Wildman–Crippen LogP) is 4.19. The molecule has 7 heteroatoms. The van der Waals surface area contributed by atoms with E-state index in [4.69, 9.17) is 11.6 Å². The van der Waals surface area contributed by atoms with Gasteiger partial charge < -0.3 is 10.6 Å². The normalized spacial score (nSPS) is 12.4. The van der Waals surface area contributed by atoms with Crippen LogP contribution in [0.4, 0.5) is 0 Å². The number of benzene rings is 1. The molecule has 0 saturated heterocycles. The summed E-state index contributed by atoms with van der Waals surface area (Å²) < 4.78 is 0. The molecule has 4 nitrogen and oxygen atoms in total. The third-order valence-corrected chi connectivity index (χ3v) is 4.57. The van der Waals surface area contributed by atoms with Gasteiger partial charge in [-0.15, -0.1) is 35.3 Å². The first kappa shape index (κ1) is 20.2. The van der Waals surface area contributed by atoms with Crippen molar-refractivity contribution in [3.63, 3.8) is 0 Å². The molecule has 1 aromatic heterocycles. The quantitative estimate of drug-likeness (QED) is 0.396. The van der Waals surface area contributed by atoms with Crippen molar-refractivity contribution >= 4 is 52.9 Å². The molecule has 1 atom stereocenters. The fourth-order valence-electron chi connectivity index (χ4n) is 2.11. The number of thiazole rings is 1. The molecule has 0 saturated carbocycles. The van der Waals surface area contributed by atoms with Crippen molar-refractivity contribution in [2.75, 3.05) is 13.6 Å². The van der Waals surface area contributed by atoms with E-state index in [1.807, 2.05) is 30.5 Å². The maximum atomic E-state index is 6.23. The number of guanidine groups is 1. The van der Waals surface area contributed by atoms with Crippen molar-refractivity contribution < 1.29 is 0 Å². The average molecular weight is 465 g/mol. The van der Waals surface area contributed by atoms with Crippen LogP contribution in [0, 0.1) is 6.92 Å². The van der Waals surface area contributed by atoms with Crippen molar-refractivity contribution in [2.45, 2.75) is 26.3 Å². The van der Waals surface area contributed by atoms with Gasteiger partial charge in [-0.2, -0.15) is 0 Å². The zero-order valence-corrected chi connectivity index (χ0v) is 17.4. The Bertz CT molecular complexity index is 645. The van der Waals surface area contributed by atoms with E-state index in [0.717, 1.165) is 34.5 Å². The van der Waals surface area contributed by atoms with Crippen molar-refractivity contribution in [3.8, 4) is 0 Å². The highest BCUT2D eigenvalue weighted by Gasteiger charge is 2.10. The summed E-state index contributed by atoms with van der Waals surface area (Å²) in [6, 6.07) is 7.92. The van der Waals surface area contributed by atoms with Gasteiger partial charge in [0, 0.05) is 36.1 Å². The van der Waals surface area contributed by atoms with Crippen LogP contribution in [0.2, 0.25) is 5.02 Å². The van der Waals surface area contributed by atoms with Gasteiger partial charge >= 0.3 is 0 Å². The molecule has 1 heterocycles. The number of aromatic nitrogens is 1. The predicted molar refractivity (Wildman–Crippen MR) is 110 cm³/mol. The topological polar surface area (TPSA) is 49.3 Å². The van der Waals surface area contributed by atoms with Crippen LogP contribution < -0.4 is 10.6 Å². The van der Waals surface area contributed by atoms with E-state index in [9.17, 15) is 0 Å². The van der Waals surface area contributed by atoms with E-state index in [2.05, 4.69) is 34.5 Å². The maximum Gasteiger partial charge on any atom is 0.191 e. The van der Waals surface area contributed by atoms with Gasteiger partial charge in [0.1, 0.15) is 0 Å². The molecule has 0 aliphatic carbocycles. The fourth-order valence-corrected chi connectivity index (χ4v) is 3.19. The highest BCUT2D eigenvalue weighted by molar-refractivity contribution is 14.0. The van der Waals surface area contributed by atoms with Crippen LogP contribution in [-0.2, 0) is 6.42 Å². The van der Waals surface area contributed by atoms with Gasteiger partial charge in [0.25, 0.3) is 0 Å². The van der Waals surface area contributed by atoms with Crippen LogP contribution >= 0.6 is 46.9 Å². The van der Waals surface area contributed by atoms with Crippen molar-refractivity contribution in [1.82, 2.24) is 15.6 Å². The monoisotopic (exact) mass is 464 g/mol. The Hall–Kier alpha value is -0.860. The maximum absolute atomic E-state index is 6.23. The molecule has 0 fully saturated rings. The van der Waals surface area contributed by atoms with E-state index in [-0.39, 0.29) is 30.0 Å². The molecule has 2 rings (SSSR count). The zero-order chi connectivity index (χ0) is 15.9. The molecule has 2 aromatic rings. The summed E-state index contributed by atoms with van der Waals surface area (Å²) in [5, 5.41) is 8.56. The molecule has 0 aliphatic heterocycles. The lowest BCUT2D eigenvalue weighted by atomic mass is 10.1. The Kier molecular flexibility index (Phi) is 8.86. The standard InChI is InChI=1S/C16H21ClN4S.HI/c1-11-10-20-15(22-11)8-9-19-16(18-3)21-12(2)13-6-4-5-7-14(13)17;/h4-7,10,12H,8-9H2,1-3H3,(H2,18,19,21);1H. The van der Waals surface area contributed by atoms with E-state index < -0.39 is 0 Å². The van der Waals surface area contributed by atoms with Crippen LogP contribution in [0.15, 0.2) is 35.5 Å². The molecule has 0 radical (unpaired) electrons. The summed E-state index contributed by atoms with van der Waals surface area (Å²) in [6.45, 7) is 4.93. The van der Waals surface area contributed by atoms with Gasteiger partial charge in [-0.3, -0.25) is 4.99 Å². The Morgan fingerprint density at radius 3 is 2.74 bits per heavy atom. The number of aryl methyl sites for hydroxylation is 1. The number of hydrogen-bond donors (Lipinski definition) is 2. The summed E-state index contributed by atoms with van der Waals surface area (Å²) >= 11 is 7.96. The summed E-state index contributed by atoms with van der Waals surface area (Å²) in [7, 11) is 1.77. The number of hydrogen-bond acceptors (Lipinski definition) is 3. The number of rotatable bonds is 5. The second-order valence-electron chi connectivity index (χ2n) is 5.00. The highest BCUT2D eigenvalue weighted by Crippen LogP contribution is 2.21. The second kappa shape index (κ2) is 10.1. The molecule has 2 N–H and O–H groups in total. The zero-order valence-electron chi connectivity index (χ0n) is 13.5. The molecule has 126 valence electrons. The van der Waals surface area contributed by atoms with Gasteiger partial charge in [-0.1, -0.05) is 29.8 Å². The Morgan fingerprint density at radius 1 is 1.39 bits per heavy atom. The minimum atomic E-state index is 0. The van der Waals surface area contributed by atoms with E-state index >= 15 is 0 Å². The lowest BCUT2D eigenvalue weighted by molar-refractivity contribution is 0.684. The molecule has 0 amide bonds. The van der Waals surface area contributed by atoms with Crippen molar-refractivity contribution in [2.24, 2.45) is 4.99 Å². The number of nitrogens with one attached hydrogen (secondary N) is 2. The first-order chi connectivity index (χ1) is 10.6. The van der Waals surface area contributed by atoms with E-state index in [0.29, 0.717) is 0 Å². The van der Waals surface area contributed by atoms with Gasteiger partial charge in [0.15, 0.2) is 5.96 Å². The average Bonchev–Trinajstić information content (AvgIpc) is 2.92. The molecule has 0 bridgehead atoms. The Morgan fingerprint density at radius 2 is 2.13 bits per heavy atom. The van der Waals surface area contributed by atoms with Crippen LogP contribution in [0.25, 0.3) is 0 Å². The first-order valence-electron chi connectivity index (χ1n) is 7.23. The fraction of sp³-hybridized carbons (Fsp3) is 0.375. The van der Waals surface area contributed by atoms with Gasteiger partial charge in [-0.25, -0.2) is 4.98 Å². The molecule has 0 spiro atoms. The first-order valence-corrected chi connectivity index (χ1v) is 8.42. The smallest absolute Gasteiger partial charge is 0.191 e. The van der Waals surface area contributed by atoms with Gasteiger partial charge in [0.05, 0.1) is 11.0 Å². The second-order valence-corrected chi connectivity index (χ2v) is 6.73. The van der Waals surface area contributed by atoms with Crippen LogP contribution in [0.5, 0.6) is 0 Å². The summed E-state index contributed by atoms with van der Waals surface area (Å²) in [4.78, 5) is 9.85. The highest BCUT2D eigenvalue weighted by atomic mass is 127. The summed E-state index contributed by atoms with van der Waals surface area (Å²) in [5.41, 5.74) is 1.06. The van der Waals surface area contributed by atoms with Crippen molar-refractivity contribution in [1.29, 1.82) is 0 Å². The molecule has 0 aliphatic rings. The summed E-state index contributed by atoms with van der Waals surface area (Å²) in [5.74, 6) is 0.765. The largest absolute Gasteiger partial charge is 0.356 e. The minimum Gasteiger partial charge on any atom is -0.356 e. The van der Waals surface area contributed by atoms with E-state index in [1.165, 1.54) is 4.88 Å². The minimum absolute atomic E-state index is 0. The van der Waals surface area contributed by atoms with Crippen LogP contribution in [0.1, 0.15) is 28.4 Å². The van der Waals surface area contributed by atoms with Gasteiger partial charge in [0.2, 0.25) is 0 Å². The molecule has 23 heavy (non-hydrogen) atoms. The summed E-state index contributed by atoms with van der Waals surface area (Å²) in [6.07, 6.45) is 2.80. The Balaban J connectivity index is 0.00000264.